The molecule has 0 bridgehead atoms. The molecule has 0 saturated carbocycles. The molecule has 2 aromatic carbocycles. The summed E-state index contributed by atoms with van der Waals surface area (Å²) in [5.74, 6) is -0.0921. The Balaban J connectivity index is 2.13. The lowest BCUT2D eigenvalue weighted by Gasteiger charge is -2.13. The zero-order valence-electron chi connectivity index (χ0n) is 11.8. The molecule has 0 atom stereocenters. The van der Waals surface area contributed by atoms with E-state index in [1.165, 1.54) is 6.92 Å². The van der Waals surface area contributed by atoms with Gasteiger partial charge in [0.1, 0.15) is 0 Å². The predicted molar refractivity (Wildman–Crippen MR) is 89.3 cm³/mol. The smallest absolute Gasteiger partial charge is 0.221 e. The summed E-state index contributed by atoms with van der Waals surface area (Å²) in [5, 5.41) is 7.34. The summed E-state index contributed by atoms with van der Waals surface area (Å²) < 4.78 is 0. The number of rotatable bonds is 4. The highest BCUT2D eigenvalue weighted by atomic mass is 35.5. The van der Waals surface area contributed by atoms with Gasteiger partial charge in [-0.25, -0.2) is 0 Å². The molecule has 1 amide bonds. The van der Waals surface area contributed by atoms with E-state index in [0.717, 1.165) is 22.5 Å². The Morgan fingerprint density at radius 2 is 1.90 bits per heavy atom. The molecule has 110 valence electrons. The van der Waals surface area contributed by atoms with E-state index in [-0.39, 0.29) is 5.91 Å². The Bertz CT molecular complexity index is 671. The minimum atomic E-state index is -0.0921. The van der Waals surface area contributed by atoms with E-state index in [0.29, 0.717) is 16.6 Å². The fraction of sp³-hybridized carbons (Fsp3) is 0.188. The van der Waals surface area contributed by atoms with Crippen LogP contribution >= 0.6 is 23.2 Å². The van der Waals surface area contributed by atoms with Crippen LogP contribution in [0.4, 0.5) is 11.4 Å². The van der Waals surface area contributed by atoms with Gasteiger partial charge in [-0.05, 0) is 42.3 Å². The second kappa shape index (κ2) is 6.83. The van der Waals surface area contributed by atoms with Crippen molar-refractivity contribution < 1.29 is 4.79 Å². The quantitative estimate of drug-likeness (QED) is 0.842. The van der Waals surface area contributed by atoms with Crippen molar-refractivity contribution in [3.8, 4) is 0 Å². The van der Waals surface area contributed by atoms with Crippen LogP contribution in [0.2, 0.25) is 10.0 Å². The summed E-state index contributed by atoms with van der Waals surface area (Å²) in [6, 6.07) is 11.2. The molecule has 3 nitrogen and oxygen atoms in total. The van der Waals surface area contributed by atoms with Gasteiger partial charge in [0.15, 0.2) is 0 Å². The third-order valence-electron chi connectivity index (χ3n) is 3.04. The molecular weight excluding hydrogens is 307 g/mol. The van der Waals surface area contributed by atoms with Gasteiger partial charge in [-0.3, -0.25) is 4.79 Å². The van der Waals surface area contributed by atoms with Crippen LogP contribution in [-0.2, 0) is 11.3 Å². The van der Waals surface area contributed by atoms with E-state index in [1.807, 2.05) is 37.3 Å². The molecule has 0 unspecified atom stereocenters. The Morgan fingerprint density at radius 3 is 2.57 bits per heavy atom. The Kier molecular flexibility index (Phi) is 5.10. The molecule has 0 saturated heterocycles. The van der Waals surface area contributed by atoms with Crippen molar-refractivity contribution in [1.82, 2.24) is 0 Å². The Labute approximate surface area is 134 Å². The summed E-state index contributed by atoms with van der Waals surface area (Å²) in [6.07, 6.45) is 0. The monoisotopic (exact) mass is 322 g/mol. The van der Waals surface area contributed by atoms with E-state index in [9.17, 15) is 4.79 Å². The highest BCUT2D eigenvalue weighted by Crippen LogP contribution is 2.24. The number of benzene rings is 2. The van der Waals surface area contributed by atoms with Gasteiger partial charge < -0.3 is 10.6 Å². The fourth-order valence-corrected chi connectivity index (χ4v) is 2.42. The Morgan fingerprint density at radius 1 is 1.14 bits per heavy atom. The summed E-state index contributed by atoms with van der Waals surface area (Å²) in [7, 11) is 0. The topological polar surface area (TPSA) is 41.1 Å². The number of hydrogen-bond donors (Lipinski definition) is 2. The van der Waals surface area contributed by atoms with Gasteiger partial charge in [0, 0.05) is 34.9 Å². The maximum atomic E-state index is 11.1. The molecule has 0 aromatic heterocycles. The largest absolute Gasteiger partial charge is 0.381 e. The van der Waals surface area contributed by atoms with Crippen LogP contribution in [-0.4, -0.2) is 5.91 Å². The highest BCUT2D eigenvalue weighted by Gasteiger charge is 2.04. The van der Waals surface area contributed by atoms with Gasteiger partial charge in [0.2, 0.25) is 5.91 Å². The highest BCUT2D eigenvalue weighted by molar-refractivity contribution is 6.35. The number of carbonyl (C=O) groups excluding carboxylic acids is 1. The van der Waals surface area contributed by atoms with E-state index < -0.39 is 0 Å². The van der Waals surface area contributed by atoms with Crippen molar-refractivity contribution in [1.29, 1.82) is 0 Å². The number of nitrogens with one attached hydrogen (secondary N) is 2. The minimum absolute atomic E-state index is 0.0921. The van der Waals surface area contributed by atoms with Gasteiger partial charge in [-0.1, -0.05) is 35.3 Å². The van der Waals surface area contributed by atoms with Crippen molar-refractivity contribution in [2.45, 2.75) is 20.4 Å². The van der Waals surface area contributed by atoms with Gasteiger partial charge in [0.25, 0.3) is 0 Å². The van der Waals surface area contributed by atoms with E-state index in [4.69, 9.17) is 23.2 Å². The van der Waals surface area contributed by atoms with Crippen LogP contribution in [0.3, 0.4) is 0 Å². The molecule has 2 rings (SSSR count). The second-order valence-electron chi connectivity index (χ2n) is 4.80. The lowest BCUT2D eigenvalue weighted by molar-refractivity contribution is -0.114. The predicted octanol–water partition coefficient (Wildman–Crippen LogP) is 4.87. The minimum Gasteiger partial charge on any atom is -0.381 e. The third-order valence-corrected chi connectivity index (χ3v) is 3.63. The molecule has 21 heavy (non-hydrogen) atoms. The zero-order valence-corrected chi connectivity index (χ0v) is 13.3. The van der Waals surface area contributed by atoms with Crippen molar-refractivity contribution >= 4 is 40.5 Å². The molecule has 0 heterocycles. The SMILES string of the molecule is CC(=O)Nc1ccc(C)c(NCc2ccc(Cl)cc2Cl)c1. The number of anilines is 2. The van der Waals surface area contributed by atoms with Crippen LogP contribution in [0.5, 0.6) is 0 Å². The molecule has 0 fully saturated rings. The number of hydrogen-bond acceptors (Lipinski definition) is 2. The summed E-state index contributed by atoms with van der Waals surface area (Å²) >= 11 is 12.0. The van der Waals surface area contributed by atoms with Gasteiger partial charge in [-0.2, -0.15) is 0 Å². The first-order chi connectivity index (χ1) is 9.95. The van der Waals surface area contributed by atoms with Crippen molar-refractivity contribution in [2.24, 2.45) is 0 Å². The van der Waals surface area contributed by atoms with E-state index >= 15 is 0 Å². The molecule has 2 aromatic rings. The second-order valence-corrected chi connectivity index (χ2v) is 5.64. The molecule has 0 aliphatic heterocycles. The van der Waals surface area contributed by atoms with Crippen LogP contribution < -0.4 is 10.6 Å². The van der Waals surface area contributed by atoms with E-state index in [1.54, 1.807) is 6.07 Å². The lowest BCUT2D eigenvalue weighted by Crippen LogP contribution is -2.07. The lowest BCUT2D eigenvalue weighted by atomic mass is 10.1. The number of aryl methyl sites for hydroxylation is 1. The van der Waals surface area contributed by atoms with Crippen molar-refractivity contribution in [2.75, 3.05) is 10.6 Å². The molecule has 0 radical (unpaired) electrons. The van der Waals surface area contributed by atoms with Crippen molar-refractivity contribution in [3.05, 3.63) is 57.6 Å². The van der Waals surface area contributed by atoms with Gasteiger partial charge >= 0.3 is 0 Å². The summed E-state index contributed by atoms with van der Waals surface area (Å²) in [4.78, 5) is 11.1. The van der Waals surface area contributed by atoms with Crippen molar-refractivity contribution in [3.63, 3.8) is 0 Å². The molecule has 0 spiro atoms. The normalized spacial score (nSPS) is 10.3. The van der Waals surface area contributed by atoms with Gasteiger partial charge in [-0.15, -0.1) is 0 Å². The maximum Gasteiger partial charge on any atom is 0.221 e. The maximum absolute atomic E-state index is 11.1. The first-order valence-corrected chi connectivity index (χ1v) is 7.27. The molecule has 2 N–H and O–H groups in total. The average Bonchev–Trinajstić information content (AvgIpc) is 2.40. The first-order valence-electron chi connectivity index (χ1n) is 6.52. The molecule has 5 heteroatoms. The zero-order chi connectivity index (χ0) is 15.4. The van der Waals surface area contributed by atoms with E-state index in [2.05, 4.69) is 10.6 Å². The fourth-order valence-electron chi connectivity index (χ4n) is 1.95. The number of halogens is 2. The molecule has 0 aliphatic carbocycles. The van der Waals surface area contributed by atoms with Gasteiger partial charge in [0.05, 0.1) is 0 Å². The standard InChI is InChI=1S/C16H16Cl2N2O/c1-10-3-6-14(20-11(2)21)8-16(10)19-9-12-4-5-13(17)7-15(12)18/h3-8,19H,9H2,1-2H3,(H,20,21). The summed E-state index contributed by atoms with van der Waals surface area (Å²) in [6.45, 7) is 4.07. The summed E-state index contributed by atoms with van der Waals surface area (Å²) in [5.41, 5.74) is 3.77. The van der Waals surface area contributed by atoms with Crippen LogP contribution in [0, 0.1) is 6.92 Å². The third kappa shape index (κ3) is 4.38. The molecular formula is C16H16Cl2N2O. The van der Waals surface area contributed by atoms with Crippen LogP contribution in [0.25, 0.3) is 0 Å². The molecule has 0 aliphatic rings. The van der Waals surface area contributed by atoms with Crippen LogP contribution in [0.15, 0.2) is 36.4 Å². The number of amides is 1. The Hall–Kier alpha value is -1.71. The van der Waals surface area contributed by atoms with Crippen LogP contribution in [0.1, 0.15) is 18.1 Å². The first kappa shape index (κ1) is 15.7. The average molecular weight is 323 g/mol. The number of carbonyl (C=O) groups is 1.